The van der Waals surface area contributed by atoms with Gasteiger partial charge in [-0.05, 0) is 366 Å². The SMILES string of the molecule is C=C1CC[C@@H]2[C@H]3C[C@H]4CC[C@@H](O)C[C@@H]4C[C@@H]3CC[C@@]12C.C=C1C[C@@H]2[C@H]3C[C@H]4CC[C@@H](O)C[C@@H]4C[C@@H]3CC[C@@]2(C)C1.CC1=CC[C@@H]2[C@H]3C[C@H]4CC[C@@H](O)C[C@@H]4C[C@@H]3CC[C@@]12C.C[C@@]12CC[C@H]3C[C@H]4C[C@H](O)CC[C@@H]4C[C@@H]3[C@H]1CC[C@]21CO1. The summed E-state index contributed by atoms with van der Waals surface area (Å²) in [5.41, 5.74) is 7.16. The van der Waals surface area contributed by atoms with Crippen molar-refractivity contribution in [2.75, 3.05) is 6.61 Å². The minimum atomic E-state index is 0.00581. The van der Waals surface area contributed by atoms with Gasteiger partial charge in [-0.15, -0.1) is 0 Å². The molecule has 0 aromatic carbocycles. The van der Waals surface area contributed by atoms with E-state index >= 15 is 0 Å². The summed E-state index contributed by atoms with van der Waals surface area (Å²) in [5.74, 6) is 18.6. The van der Waals surface area contributed by atoms with Gasteiger partial charge in [0, 0.05) is 5.41 Å². The predicted molar refractivity (Wildman–Crippen MR) is 329 cm³/mol. The van der Waals surface area contributed by atoms with E-state index in [-0.39, 0.29) is 24.4 Å². The molecule has 81 heavy (non-hydrogen) atoms. The number of hydrogen-bond donors (Lipinski definition) is 4. The van der Waals surface area contributed by atoms with Crippen LogP contribution in [0.25, 0.3) is 0 Å². The van der Waals surface area contributed by atoms with Gasteiger partial charge < -0.3 is 25.2 Å². The van der Waals surface area contributed by atoms with Crippen LogP contribution >= 0.6 is 0 Å². The Kier molecular flexibility index (Phi) is 15.7. The van der Waals surface area contributed by atoms with Gasteiger partial charge in [-0.2, -0.15) is 0 Å². The first kappa shape index (κ1) is 57.7. The second-order valence-electron chi connectivity index (χ2n) is 35.2. The van der Waals surface area contributed by atoms with Crippen LogP contribution in [0.3, 0.4) is 0 Å². The number of allylic oxidation sites excluding steroid dienone is 4. The van der Waals surface area contributed by atoms with Crippen molar-refractivity contribution in [2.45, 2.75) is 289 Å². The van der Waals surface area contributed by atoms with E-state index < -0.39 is 0 Å². The molecule has 1 heterocycles. The highest BCUT2D eigenvalue weighted by atomic mass is 16.6. The summed E-state index contributed by atoms with van der Waals surface area (Å²) in [4.78, 5) is 0. The van der Waals surface area contributed by atoms with Crippen LogP contribution in [0.2, 0.25) is 0 Å². The van der Waals surface area contributed by atoms with Crippen LogP contribution in [-0.4, -0.2) is 57.0 Å². The average Bonchev–Trinajstić information content (AvgIpc) is 3.87. The van der Waals surface area contributed by atoms with E-state index in [1.165, 1.54) is 179 Å². The van der Waals surface area contributed by atoms with E-state index in [9.17, 15) is 20.4 Å². The van der Waals surface area contributed by atoms with Gasteiger partial charge in [-0.3, -0.25) is 0 Å². The highest BCUT2D eigenvalue weighted by Crippen LogP contribution is 2.70. The third-order valence-electron chi connectivity index (χ3n) is 31.9. The van der Waals surface area contributed by atoms with Gasteiger partial charge in [0.25, 0.3) is 0 Å². The molecule has 0 aromatic heterocycles. The highest BCUT2D eigenvalue weighted by Gasteiger charge is 2.69. The Bertz CT molecular complexity index is 2290. The predicted octanol–water partition coefficient (Wildman–Crippen LogP) is 17.4. The van der Waals surface area contributed by atoms with Gasteiger partial charge in [-0.25, -0.2) is 0 Å². The maximum atomic E-state index is 10.00. The number of aliphatic hydroxyl groups excluding tert-OH is 4. The molecule has 5 nitrogen and oxygen atoms in total. The molecule has 17 aliphatic rings. The van der Waals surface area contributed by atoms with E-state index in [2.05, 4.69) is 53.9 Å². The second kappa shape index (κ2) is 22.0. The molecular weight excluding hydrogens is 993 g/mol. The average molecular weight is 1110 g/mol. The van der Waals surface area contributed by atoms with Crippen LogP contribution in [-0.2, 0) is 4.74 Å². The minimum absolute atomic E-state index is 0.00581. The van der Waals surface area contributed by atoms with E-state index in [0.29, 0.717) is 27.3 Å². The molecule has 29 atom stereocenters. The number of aliphatic hydroxyl groups is 4. The van der Waals surface area contributed by atoms with Crippen LogP contribution in [0.4, 0.5) is 0 Å². The summed E-state index contributed by atoms with van der Waals surface area (Å²) in [6, 6.07) is 0. The van der Waals surface area contributed by atoms with Gasteiger partial charge >= 0.3 is 0 Å². The summed E-state index contributed by atoms with van der Waals surface area (Å²) >= 11 is 0. The maximum absolute atomic E-state index is 10.00. The molecule has 0 amide bonds. The first-order chi connectivity index (χ1) is 38.8. The number of epoxide rings is 1. The van der Waals surface area contributed by atoms with Crippen LogP contribution in [0.1, 0.15) is 259 Å². The molecule has 16 aliphatic carbocycles. The van der Waals surface area contributed by atoms with Crippen molar-refractivity contribution in [1.82, 2.24) is 0 Å². The van der Waals surface area contributed by atoms with Crippen LogP contribution < -0.4 is 0 Å². The Morgan fingerprint density at radius 3 is 1.35 bits per heavy atom. The fourth-order valence-corrected chi connectivity index (χ4v) is 26.9. The fraction of sp³-hybridized carbons (Fsp3) is 0.921. The van der Waals surface area contributed by atoms with E-state index in [4.69, 9.17) is 4.74 Å². The summed E-state index contributed by atoms with van der Waals surface area (Å²) in [7, 11) is 0. The fourth-order valence-electron chi connectivity index (χ4n) is 26.9. The topological polar surface area (TPSA) is 93.5 Å². The molecule has 0 radical (unpaired) electrons. The molecule has 1 saturated heterocycles. The van der Waals surface area contributed by atoms with E-state index in [1.807, 2.05) is 0 Å². The van der Waals surface area contributed by atoms with Crippen molar-refractivity contribution < 1.29 is 25.2 Å². The Balaban J connectivity index is 0.0000000970. The van der Waals surface area contributed by atoms with Gasteiger partial charge in [0.1, 0.15) is 0 Å². The maximum Gasteiger partial charge on any atom is 0.0972 e. The monoisotopic (exact) mass is 1110 g/mol. The Labute approximate surface area is 494 Å². The standard InChI is InChI=1S/C19H30O2.3C19H30O/c1-18-6-4-13-8-14-9-15(20)3-2-12(14)10-16(13)17(18)5-7-19(18)11-21-19;2*1-12-3-6-18-17-11-13-4-5-16(20)10-15(13)9-14(17)7-8-19(12,18)2;1-12-7-18-17-10-13-3-4-16(20)9-15(13)8-14(17)5-6-19(18,2)11-12/h12-17,20H,2-11H2,1H3;3,13-18,20H,4-11H2,1-2H3;2*13-18,20H,1,3-11H2,2H3/t12-,13+,14+,15-,16+,17-,18-,19+;3*13-,14+,15+,16-,17+,18-,19+/m1111/s1. The van der Waals surface area contributed by atoms with Crippen molar-refractivity contribution in [1.29, 1.82) is 0 Å². The summed E-state index contributed by atoms with van der Waals surface area (Å²) < 4.78 is 6.00. The van der Waals surface area contributed by atoms with Gasteiger partial charge in [-0.1, -0.05) is 63.6 Å². The van der Waals surface area contributed by atoms with Crippen molar-refractivity contribution in [3.8, 4) is 0 Å². The van der Waals surface area contributed by atoms with Gasteiger partial charge in [0.2, 0.25) is 0 Å². The largest absolute Gasteiger partial charge is 0.393 e. The quantitative estimate of drug-likeness (QED) is 0.143. The highest BCUT2D eigenvalue weighted by molar-refractivity contribution is 5.24. The molecule has 17 rings (SSSR count). The Morgan fingerprint density at radius 1 is 0.420 bits per heavy atom. The van der Waals surface area contributed by atoms with Gasteiger partial charge in [0.15, 0.2) is 0 Å². The number of hydrogen-bond acceptors (Lipinski definition) is 5. The van der Waals surface area contributed by atoms with Crippen LogP contribution in [0.15, 0.2) is 36.0 Å². The Hall–Kier alpha value is -0.980. The van der Waals surface area contributed by atoms with Crippen LogP contribution in [0, 0.1) is 140 Å². The summed E-state index contributed by atoms with van der Waals surface area (Å²) in [6.07, 6.45) is 48.8. The zero-order valence-electron chi connectivity index (χ0n) is 52.5. The molecule has 5 heteroatoms. The minimum Gasteiger partial charge on any atom is -0.393 e. The number of rotatable bonds is 0. The summed E-state index contributed by atoms with van der Waals surface area (Å²) in [5, 5.41) is 39.9. The molecule has 454 valence electrons. The lowest BCUT2D eigenvalue weighted by Crippen LogP contribution is -2.49. The van der Waals surface area contributed by atoms with Crippen molar-refractivity contribution in [2.24, 2.45) is 140 Å². The molecule has 1 spiro atoms. The number of ether oxygens (including phenoxy) is 1. The van der Waals surface area contributed by atoms with Crippen molar-refractivity contribution in [3.63, 3.8) is 0 Å². The molecular formula is C76H120O5. The molecule has 15 saturated carbocycles. The molecule has 4 N–H and O–H groups in total. The van der Waals surface area contributed by atoms with E-state index in [0.717, 1.165) is 176 Å². The van der Waals surface area contributed by atoms with E-state index in [1.54, 1.807) is 11.1 Å². The number of fused-ring (bicyclic) bond motifs is 17. The zero-order chi connectivity index (χ0) is 56.0. The normalized spacial score (nSPS) is 56.7. The molecule has 1 aliphatic heterocycles. The third kappa shape index (κ3) is 10.2. The zero-order valence-corrected chi connectivity index (χ0v) is 52.5. The lowest BCUT2D eigenvalue weighted by Gasteiger charge is -2.54. The van der Waals surface area contributed by atoms with Crippen molar-refractivity contribution in [3.05, 3.63) is 36.0 Å². The third-order valence-corrected chi connectivity index (χ3v) is 31.9. The first-order valence-electron chi connectivity index (χ1n) is 36.2. The molecule has 0 aromatic rings. The second-order valence-corrected chi connectivity index (χ2v) is 35.2. The molecule has 0 unspecified atom stereocenters. The van der Waals surface area contributed by atoms with Crippen LogP contribution in [0.5, 0.6) is 0 Å². The lowest BCUT2D eigenvalue weighted by molar-refractivity contribution is -0.0661. The molecule has 16 fully saturated rings. The van der Waals surface area contributed by atoms with Gasteiger partial charge in [0.05, 0.1) is 36.6 Å². The molecule has 0 bridgehead atoms. The lowest BCUT2D eigenvalue weighted by atomic mass is 9.51. The smallest absolute Gasteiger partial charge is 0.0972 e. The first-order valence-corrected chi connectivity index (χ1v) is 36.2. The summed E-state index contributed by atoms with van der Waals surface area (Å²) in [6.45, 7) is 22.3. The Morgan fingerprint density at radius 2 is 0.852 bits per heavy atom. The van der Waals surface area contributed by atoms with Crippen molar-refractivity contribution >= 4 is 0 Å².